The summed E-state index contributed by atoms with van der Waals surface area (Å²) in [5.74, 6) is 0.00943. The molecule has 25 heavy (non-hydrogen) atoms. The van der Waals surface area contributed by atoms with E-state index in [2.05, 4.69) is 5.10 Å². The minimum absolute atomic E-state index is 0.0199. The van der Waals surface area contributed by atoms with Crippen LogP contribution in [0.4, 0.5) is 10.1 Å². The molecule has 1 aliphatic rings. The Kier molecular flexibility index (Phi) is 3.87. The number of carbonyl (C=O) groups is 1. The fourth-order valence-electron chi connectivity index (χ4n) is 2.79. The second-order valence-electron chi connectivity index (χ2n) is 6.29. The monoisotopic (exact) mass is 339 g/mol. The van der Waals surface area contributed by atoms with Crippen molar-refractivity contribution in [2.75, 3.05) is 11.9 Å². The Morgan fingerprint density at radius 1 is 1.36 bits per heavy atom. The Morgan fingerprint density at radius 2 is 2.12 bits per heavy atom. The first-order chi connectivity index (χ1) is 12.1. The molecule has 0 radical (unpaired) electrons. The Labute approximate surface area is 144 Å². The molecule has 4 rings (SSSR count). The molecular formula is C19H18FN3O2. The summed E-state index contributed by atoms with van der Waals surface area (Å²) in [5, 5.41) is 4.17. The van der Waals surface area contributed by atoms with Crippen LogP contribution in [0.25, 0.3) is 5.52 Å². The molecule has 1 fully saturated rings. The van der Waals surface area contributed by atoms with Gasteiger partial charge in [-0.2, -0.15) is 5.10 Å². The van der Waals surface area contributed by atoms with Crippen molar-refractivity contribution in [2.45, 2.75) is 19.4 Å². The second kappa shape index (κ2) is 6.20. The molecule has 1 saturated carbocycles. The van der Waals surface area contributed by atoms with Crippen LogP contribution >= 0.6 is 0 Å². The maximum absolute atomic E-state index is 14.6. The number of rotatable bonds is 5. The number of benzene rings is 1. The third-order valence-corrected chi connectivity index (χ3v) is 4.40. The van der Waals surface area contributed by atoms with Gasteiger partial charge in [0.15, 0.2) is 11.6 Å². The van der Waals surface area contributed by atoms with E-state index in [0.29, 0.717) is 18.0 Å². The molecule has 6 heteroatoms. The second-order valence-corrected chi connectivity index (χ2v) is 6.29. The molecule has 2 aromatic heterocycles. The predicted molar refractivity (Wildman–Crippen MR) is 92.1 cm³/mol. The first-order valence-electron chi connectivity index (χ1n) is 8.24. The lowest BCUT2D eigenvalue weighted by Crippen LogP contribution is -2.28. The van der Waals surface area contributed by atoms with Gasteiger partial charge in [-0.25, -0.2) is 8.91 Å². The van der Waals surface area contributed by atoms with Gasteiger partial charge in [0.2, 0.25) is 5.91 Å². The molecule has 1 aromatic carbocycles. The van der Waals surface area contributed by atoms with Crippen LogP contribution in [0.15, 0.2) is 48.8 Å². The molecule has 0 N–H and O–H groups in total. The maximum atomic E-state index is 14.6. The molecular weight excluding hydrogens is 321 g/mol. The van der Waals surface area contributed by atoms with Crippen molar-refractivity contribution in [1.29, 1.82) is 0 Å². The molecule has 0 aliphatic heterocycles. The third kappa shape index (κ3) is 3.07. The Bertz CT molecular complexity index is 919. The number of carbonyl (C=O) groups excluding carboxylic acids is 1. The normalized spacial score (nSPS) is 13.8. The molecule has 0 unspecified atom stereocenters. The summed E-state index contributed by atoms with van der Waals surface area (Å²) in [4.78, 5) is 13.7. The summed E-state index contributed by atoms with van der Waals surface area (Å²) in [6.45, 7) is 0.337. The molecule has 0 spiro atoms. The highest BCUT2D eigenvalue weighted by molar-refractivity contribution is 5.96. The van der Waals surface area contributed by atoms with Crippen LogP contribution in [0, 0.1) is 11.7 Å². The van der Waals surface area contributed by atoms with Gasteiger partial charge < -0.3 is 9.64 Å². The number of pyridine rings is 1. The molecule has 128 valence electrons. The number of halogens is 1. The molecule has 3 aromatic rings. The SMILES string of the molecule is CN(C(=O)C1CC1)c1cc(F)c2c(OCc3ccccc3)cnn2c1. The van der Waals surface area contributed by atoms with Crippen molar-refractivity contribution in [3.63, 3.8) is 0 Å². The standard InChI is InChI=1S/C19H18FN3O2/c1-22(19(24)14-7-8-14)15-9-16(20)18-17(10-21-23(18)11-15)25-12-13-5-3-2-4-6-13/h2-6,9-11,14H,7-8,12H2,1H3. The predicted octanol–water partition coefficient (Wildman–Crippen LogP) is 3.43. The van der Waals surface area contributed by atoms with E-state index < -0.39 is 5.82 Å². The highest BCUT2D eigenvalue weighted by Gasteiger charge is 2.33. The van der Waals surface area contributed by atoms with Crippen molar-refractivity contribution in [2.24, 2.45) is 5.92 Å². The largest absolute Gasteiger partial charge is 0.485 e. The average molecular weight is 339 g/mol. The van der Waals surface area contributed by atoms with E-state index in [-0.39, 0.29) is 17.3 Å². The molecule has 2 heterocycles. The Hall–Kier alpha value is -2.89. The van der Waals surface area contributed by atoms with Crippen LogP contribution in [-0.4, -0.2) is 22.6 Å². The molecule has 1 amide bonds. The zero-order chi connectivity index (χ0) is 17.4. The topological polar surface area (TPSA) is 46.8 Å². The molecule has 0 atom stereocenters. The summed E-state index contributed by atoms with van der Waals surface area (Å²) < 4.78 is 21.8. The quantitative estimate of drug-likeness (QED) is 0.715. The number of aromatic nitrogens is 2. The van der Waals surface area contributed by atoms with Crippen molar-refractivity contribution in [3.05, 3.63) is 60.2 Å². The van der Waals surface area contributed by atoms with Gasteiger partial charge in [0.1, 0.15) is 12.1 Å². The number of hydrogen-bond donors (Lipinski definition) is 0. The first kappa shape index (κ1) is 15.6. The van der Waals surface area contributed by atoms with Crippen molar-refractivity contribution in [1.82, 2.24) is 9.61 Å². The Balaban J connectivity index is 1.59. The first-order valence-corrected chi connectivity index (χ1v) is 8.24. The van der Waals surface area contributed by atoms with Gasteiger partial charge >= 0.3 is 0 Å². The van der Waals surface area contributed by atoms with Gasteiger partial charge in [-0.15, -0.1) is 0 Å². The van der Waals surface area contributed by atoms with E-state index in [4.69, 9.17) is 4.74 Å². The van der Waals surface area contributed by atoms with Crippen molar-refractivity contribution < 1.29 is 13.9 Å². The van der Waals surface area contributed by atoms with Gasteiger partial charge in [-0.05, 0) is 18.4 Å². The number of nitrogens with zero attached hydrogens (tertiary/aromatic N) is 3. The van der Waals surface area contributed by atoms with Crippen LogP contribution in [0.2, 0.25) is 0 Å². The molecule has 0 saturated heterocycles. The van der Waals surface area contributed by atoms with E-state index in [9.17, 15) is 9.18 Å². The summed E-state index contributed by atoms with van der Waals surface area (Å²) in [6.07, 6.45) is 4.96. The lowest BCUT2D eigenvalue weighted by Gasteiger charge is -2.17. The fourth-order valence-corrected chi connectivity index (χ4v) is 2.79. The lowest BCUT2D eigenvalue weighted by atomic mass is 10.2. The van der Waals surface area contributed by atoms with E-state index in [1.54, 1.807) is 13.2 Å². The van der Waals surface area contributed by atoms with Crippen LogP contribution in [0.5, 0.6) is 5.75 Å². The summed E-state index contributed by atoms with van der Waals surface area (Å²) in [7, 11) is 1.66. The van der Waals surface area contributed by atoms with E-state index in [1.165, 1.54) is 21.7 Å². The van der Waals surface area contributed by atoms with E-state index >= 15 is 0 Å². The zero-order valence-corrected chi connectivity index (χ0v) is 13.9. The van der Waals surface area contributed by atoms with E-state index in [0.717, 1.165) is 18.4 Å². The average Bonchev–Trinajstić information content (AvgIpc) is 3.40. The lowest BCUT2D eigenvalue weighted by molar-refractivity contribution is -0.119. The summed E-state index contributed by atoms with van der Waals surface area (Å²) in [5.41, 5.74) is 1.75. The summed E-state index contributed by atoms with van der Waals surface area (Å²) >= 11 is 0. The molecule has 1 aliphatic carbocycles. The third-order valence-electron chi connectivity index (χ3n) is 4.40. The molecule has 5 nitrogen and oxygen atoms in total. The van der Waals surface area contributed by atoms with Gasteiger partial charge in [-0.1, -0.05) is 30.3 Å². The van der Waals surface area contributed by atoms with Crippen molar-refractivity contribution >= 4 is 17.1 Å². The number of amides is 1. The maximum Gasteiger partial charge on any atom is 0.229 e. The number of hydrogen-bond acceptors (Lipinski definition) is 3. The van der Waals surface area contributed by atoms with Crippen LogP contribution in [-0.2, 0) is 11.4 Å². The highest BCUT2D eigenvalue weighted by atomic mass is 19.1. The minimum atomic E-state index is -0.464. The van der Waals surface area contributed by atoms with Gasteiger partial charge in [0, 0.05) is 19.0 Å². The number of fused-ring (bicyclic) bond motifs is 1. The van der Waals surface area contributed by atoms with Gasteiger partial charge in [0.25, 0.3) is 0 Å². The van der Waals surface area contributed by atoms with Crippen LogP contribution < -0.4 is 9.64 Å². The van der Waals surface area contributed by atoms with Gasteiger partial charge in [0.05, 0.1) is 18.1 Å². The summed E-state index contributed by atoms with van der Waals surface area (Å²) in [6, 6.07) is 11.0. The smallest absolute Gasteiger partial charge is 0.229 e. The number of anilines is 1. The van der Waals surface area contributed by atoms with Crippen LogP contribution in [0.1, 0.15) is 18.4 Å². The van der Waals surface area contributed by atoms with Gasteiger partial charge in [-0.3, -0.25) is 4.79 Å². The fraction of sp³-hybridized carbons (Fsp3) is 0.263. The van der Waals surface area contributed by atoms with Crippen LogP contribution in [0.3, 0.4) is 0 Å². The van der Waals surface area contributed by atoms with Crippen molar-refractivity contribution in [3.8, 4) is 5.75 Å². The zero-order valence-electron chi connectivity index (χ0n) is 13.9. The Morgan fingerprint density at radius 3 is 2.84 bits per heavy atom. The van der Waals surface area contributed by atoms with E-state index in [1.807, 2.05) is 30.3 Å². The molecule has 0 bridgehead atoms. The minimum Gasteiger partial charge on any atom is -0.485 e. The number of ether oxygens (including phenoxy) is 1. The highest BCUT2D eigenvalue weighted by Crippen LogP contribution is 2.33.